The monoisotopic (exact) mass is 1690 g/mol. The van der Waals surface area contributed by atoms with Crippen molar-refractivity contribution in [2.45, 2.75) is 90.8 Å². The molecule has 642 valence electrons. The van der Waals surface area contributed by atoms with Crippen molar-refractivity contribution in [3.8, 4) is 79.1 Å². The Balaban J connectivity index is 0.000000119. The van der Waals surface area contributed by atoms with Crippen LogP contribution in [0.25, 0.3) is 116 Å². The van der Waals surface area contributed by atoms with Gasteiger partial charge < -0.3 is 34.5 Å². The highest BCUT2D eigenvalue weighted by Gasteiger charge is 2.21. The fourth-order valence-electron chi connectivity index (χ4n) is 17.5. The number of hydrogen-bond acceptors (Lipinski definition) is 16. The molecule has 26 heteroatoms. The predicted molar refractivity (Wildman–Crippen MR) is 495 cm³/mol. The SMILES string of the molecule is COc1cc(CO)ccc1-c1ccn(-c2ccc3c(cnn3CCN3CCCC3)c2)c(=O)c1.N#Cc1cc(F)ccc1-c1ccn(-c2ccc3c(cnn3CCN3CCCC3)c2)c(=O)c1.O=c1cc(-c2ccc(CO)cc2)ccn1-c1ccc2c(cnn2CCN2CCCC2)c1.[C-]#[N+]c1ccc(-c2ccn(-c3ccc4c(cnn4CCN4CCCC4)c3)c(=O)c2)cc1. The molecule has 0 bridgehead atoms. The predicted octanol–water partition coefficient (Wildman–Crippen LogP) is 15.4. The summed E-state index contributed by atoms with van der Waals surface area (Å²) in [5, 5.41) is 50.2. The first kappa shape index (κ1) is 85.1. The lowest BCUT2D eigenvalue weighted by atomic mass is 10.0. The number of aromatic nitrogens is 12. The van der Waals surface area contributed by atoms with Crippen LogP contribution in [0, 0.1) is 23.7 Å². The van der Waals surface area contributed by atoms with Crippen molar-refractivity contribution in [2.24, 2.45) is 0 Å². The number of rotatable bonds is 23. The van der Waals surface area contributed by atoms with E-state index in [0.717, 1.165) is 176 Å². The van der Waals surface area contributed by atoms with Gasteiger partial charge in [0.1, 0.15) is 11.6 Å². The molecule has 0 saturated carbocycles. The number of aliphatic hydroxyl groups excluding tert-OH is 2. The molecule has 4 aliphatic heterocycles. The summed E-state index contributed by atoms with van der Waals surface area (Å²) in [7, 11) is 1.59. The van der Waals surface area contributed by atoms with Crippen molar-refractivity contribution in [1.82, 2.24) is 77.0 Å². The highest BCUT2D eigenvalue weighted by atomic mass is 19.1. The van der Waals surface area contributed by atoms with E-state index in [-0.39, 0.29) is 41.0 Å². The molecule has 8 aromatic carbocycles. The van der Waals surface area contributed by atoms with Gasteiger partial charge in [-0.3, -0.25) is 56.2 Å². The second kappa shape index (κ2) is 39.4. The number of likely N-dealkylation sites (tertiary alicyclic amines) is 4. The van der Waals surface area contributed by atoms with Gasteiger partial charge in [0.05, 0.1) is 112 Å². The number of halogens is 1. The summed E-state index contributed by atoms with van der Waals surface area (Å²) in [6.07, 6.45) is 24.9. The minimum atomic E-state index is -0.479. The maximum Gasteiger partial charge on any atom is 0.255 e. The van der Waals surface area contributed by atoms with Crippen LogP contribution in [0.4, 0.5) is 10.1 Å². The lowest BCUT2D eigenvalue weighted by Crippen LogP contribution is -2.24. The minimum absolute atomic E-state index is 0.0131. The Morgan fingerprint density at radius 3 is 1.02 bits per heavy atom. The van der Waals surface area contributed by atoms with Crippen molar-refractivity contribution >= 4 is 49.3 Å². The quantitative estimate of drug-likeness (QED) is 0.0565. The lowest BCUT2D eigenvalue weighted by molar-refractivity contribution is 0.281. The fourth-order valence-corrected chi connectivity index (χ4v) is 17.5. The molecule has 16 aromatic rings. The first-order valence-corrected chi connectivity index (χ1v) is 43.5. The molecule has 4 aliphatic rings. The molecule has 20 rings (SSSR count). The molecule has 12 heterocycles. The van der Waals surface area contributed by atoms with E-state index >= 15 is 0 Å². The molecular weight excluding hydrogens is 1600 g/mol. The maximum absolute atomic E-state index is 13.4. The van der Waals surface area contributed by atoms with Gasteiger partial charge in [-0.15, -0.1) is 0 Å². The number of aliphatic hydroxyl groups is 2. The number of benzene rings is 8. The Bertz CT molecular complexity index is 6960. The molecule has 0 amide bonds. The molecule has 0 aliphatic carbocycles. The van der Waals surface area contributed by atoms with Crippen LogP contribution >= 0.6 is 0 Å². The topological polar surface area (TPSA) is 250 Å². The number of methoxy groups -OCH3 is 1. The minimum Gasteiger partial charge on any atom is -0.496 e. The van der Waals surface area contributed by atoms with Gasteiger partial charge in [0.2, 0.25) is 0 Å². The van der Waals surface area contributed by atoms with Crippen LogP contribution in [-0.2, 0) is 39.4 Å². The van der Waals surface area contributed by atoms with Crippen molar-refractivity contribution in [2.75, 3.05) is 85.6 Å². The zero-order valence-corrected chi connectivity index (χ0v) is 71.0. The standard InChI is InChI=1S/C26H28N4O3.C25H22FN5O.C25H23N5O.C25H26N4O2/c1-33-25-14-19(18-31)4-6-23(25)20-8-11-29(26(32)16-20)22-5-7-24-21(15-22)17-27-30(24)13-12-28-9-2-3-10-28;26-21-3-5-23(19(13-21)16-27)18-7-10-30(25(32)15-18)22-4-6-24-20(14-22)17-28-31(24)12-11-29-8-1-2-9-29;1-26-22-6-4-19(5-7-22)20-10-13-29(25(31)17-20)23-8-9-24-21(16-23)18-27-30(24)15-14-28-11-2-3-12-28;30-18-19-3-5-20(6-4-19)21-9-12-28(25(31)16-21)23-7-8-24-22(15-23)17-26-29(24)14-13-27-10-1-2-11-27/h4-8,11,14-17,31H,2-3,9-10,12-13,18H2,1H3;3-7,10,13-15,17H,1-2,8-9,11-12H2;4-10,13,16-18H,2-3,11-12,14-15H2;3-9,12,15-17,30H,1-2,10-11,13-14,18H2. The fraction of sp³-hybridized carbons (Fsp3) is 0.267. The summed E-state index contributed by atoms with van der Waals surface area (Å²) in [6, 6.07) is 64.2. The van der Waals surface area contributed by atoms with Gasteiger partial charge in [-0.1, -0.05) is 66.7 Å². The van der Waals surface area contributed by atoms with Crippen molar-refractivity contribution in [1.29, 1.82) is 5.26 Å². The highest BCUT2D eigenvalue weighted by Crippen LogP contribution is 2.33. The number of hydrogen-bond donors (Lipinski definition) is 2. The zero-order valence-electron chi connectivity index (χ0n) is 71.0. The average Bonchev–Trinajstić information content (AvgIpc) is 1.25. The third kappa shape index (κ3) is 19.7. The number of ether oxygens (including phenoxy) is 1. The molecule has 127 heavy (non-hydrogen) atoms. The number of fused-ring (bicyclic) bond motifs is 4. The molecule has 4 saturated heterocycles. The lowest BCUT2D eigenvalue weighted by Gasteiger charge is -2.14. The second-order valence-corrected chi connectivity index (χ2v) is 32.6. The van der Waals surface area contributed by atoms with Crippen molar-refractivity contribution < 1.29 is 19.3 Å². The van der Waals surface area contributed by atoms with Crippen LogP contribution in [0.1, 0.15) is 68.1 Å². The van der Waals surface area contributed by atoms with Gasteiger partial charge in [0.15, 0.2) is 5.69 Å². The zero-order chi connectivity index (χ0) is 87.3. The van der Waals surface area contributed by atoms with Crippen LogP contribution in [0.2, 0.25) is 0 Å². The van der Waals surface area contributed by atoms with E-state index in [1.165, 1.54) is 115 Å². The van der Waals surface area contributed by atoms with Gasteiger partial charge in [0, 0.05) is 125 Å². The van der Waals surface area contributed by atoms with E-state index in [0.29, 0.717) is 22.6 Å². The summed E-state index contributed by atoms with van der Waals surface area (Å²) >= 11 is 0. The third-order valence-corrected chi connectivity index (χ3v) is 24.6. The van der Waals surface area contributed by atoms with E-state index in [9.17, 15) is 39.0 Å². The Hall–Kier alpha value is -14.1. The molecule has 8 aromatic heterocycles. The van der Waals surface area contributed by atoms with E-state index < -0.39 is 5.82 Å². The molecular formula is C101H99FN18O7. The third-order valence-electron chi connectivity index (χ3n) is 24.6. The van der Waals surface area contributed by atoms with Crippen LogP contribution in [0.3, 0.4) is 0 Å². The van der Waals surface area contributed by atoms with Crippen LogP contribution in [-0.4, -0.2) is 173 Å². The molecule has 0 radical (unpaired) electrons. The Morgan fingerprint density at radius 1 is 0.370 bits per heavy atom. The average molecular weight is 1700 g/mol. The van der Waals surface area contributed by atoms with Crippen molar-refractivity contribution in [3.05, 3.63) is 331 Å². The van der Waals surface area contributed by atoms with E-state index in [4.69, 9.17) is 11.3 Å². The Kier molecular flexibility index (Phi) is 26.4. The normalized spacial score (nSPS) is 14.3. The van der Waals surface area contributed by atoms with Gasteiger partial charge in [-0.25, -0.2) is 9.24 Å². The van der Waals surface area contributed by atoms with E-state index in [2.05, 4.69) is 60.3 Å². The number of nitrogens with zero attached hydrogens (tertiary/aromatic N) is 18. The van der Waals surface area contributed by atoms with Crippen LogP contribution < -0.4 is 27.0 Å². The summed E-state index contributed by atoms with van der Waals surface area (Å²) in [4.78, 5) is 64.8. The second-order valence-electron chi connectivity index (χ2n) is 32.6. The molecule has 4 fully saturated rings. The van der Waals surface area contributed by atoms with Crippen LogP contribution in [0.5, 0.6) is 5.75 Å². The van der Waals surface area contributed by atoms with Crippen molar-refractivity contribution in [3.63, 3.8) is 0 Å². The first-order valence-electron chi connectivity index (χ1n) is 43.5. The summed E-state index contributed by atoms with van der Waals surface area (Å²) in [5.74, 6) is 0.148. The van der Waals surface area contributed by atoms with Gasteiger partial charge in [-0.2, -0.15) is 25.7 Å². The number of pyridine rings is 4. The number of nitriles is 1. The van der Waals surface area contributed by atoms with Gasteiger partial charge in [-0.05, 0) is 269 Å². The Labute approximate surface area is 733 Å². The van der Waals surface area contributed by atoms with E-state index in [1.807, 2.05) is 180 Å². The smallest absolute Gasteiger partial charge is 0.255 e. The van der Waals surface area contributed by atoms with Gasteiger partial charge >= 0.3 is 0 Å². The van der Waals surface area contributed by atoms with E-state index in [1.54, 1.807) is 86.4 Å². The maximum atomic E-state index is 13.4. The highest BCUT2D eigenvalue weighted by molar-refractivity contribution is 5.84. The molecule has 2 N–H and O–H groups in total. The molecule has 0 atom stereocenters. The molecule has 0 unspecified atom stereocenters. The summed E-state index contributed by atoms with van der Waals surface area (Å²) in [6.45, 7) is 24.0. The summed E-state index contributed by atoms with van der Waals surface area (Å²) < 4.78 is 33.6. The Morgan fingerprint density at radius 2 is 0.693 bits per heavy atom. The van der Waals surface area contributed by atoms with Crippen LogP contribution in [0.15, 0.2) is 275 Å². The molecule has 25 nitrogen and oxygen atoms in total. The van der Waals surface area contributed by atoms with Gasteiger partial charge in [0.25, 0.3) is 22.2 Å². The largest absolute Gasteiger partial charge is 0.496 e. The summed E-state index contributed by atoms with van der Waals surface area (Å²) in [5.41, 5.74) is 15.7. The molecule has 0 spiro atoms. The first-order chi connectivity index (χ1) is 62.2.